The van der Waals surface area contributed by atoms with Crippen LogP contribution >= 0.6 is 0 Å². The summed E-state index contributed by atoms with van der Waals surface area (Å²) in [6.07, 6.45) is -0.525. The van der Waals surface area contributed by atoms with Crippen molar-refractivity contribution >= 4 is 11.9 Å². The Kier molecular flexibility index (Phi) is 3.73. The Morgan fingerprint density at radius 3 is 2.37 bits per heavy atom. The fourth-order valence-corrected chi connectivity index (χ4v) is 3.43. The van der Waals surface area contributed by atoms with E-state index in [2.05, 4.69) is 5.32 Å². The molecule has 0 spiro atoms. The number of urea groups is 1. The fourth-order valence-electron chi connectivity index (χ4n) is 3.43. The number of carbonyl (C=O) groups is 2. The molecule has 7 heteroatoms. The van der Waals surface area contributed by atoms with Crippen LogP contribution in [0.25, 0.3) is 0 Å². The van der Waals surface area contributed by atoms with E-state index in [4.69, 9.17) is 0 Å². The van der Waals surface area contributed by atoms with Crippen molar-refractivity contribution in [2.75, 3.05) is 0 Å². The Bertz CT molecular complexity index is 384. The van der Waals surface area contributed by atoms with Crippen molar-refractivity contribution in [3.05, 3.63) is 0 Å². The molecule has 2 bridgehead atoms. The lowest BCUT2D eigenvalue weighted by Gasteiger charge is -2.28. The second-order valence-electron chi connectivity index (χ2n) is 5.55. The number of halogens is 3. The maximum atomic E-state index is 12.0. The molecule has 2 saturated carbocycles. The lowest BCUT2D eigenvalue weighted by molar-refractivity contribution is -0.172. The van der Waals surface area contributed by atoms with Crippen molar-refractivity contribution in [1.29, 1.82) is 0 Å². The molecule has 2 N–H and O–H groups in total. The molecule has 4 atom stereocenters. The minimum absolute atomic E-state index is 0.212. The van der Waals surface area contributed by atoms with Gasteiger partial charge in [0.25, 0.3) is 0 Å². The molecule has 2 aliphatic carbocycles. The standard InChI is InChI=1S/C12H17F3N2O2/c1-6(9-5-7-2-3-8(9)4-7)16-11(19)17-10(18)12(13,14)15/h6-9H,2-5H2,1H3,(H2,16,17,18,19). The van der Waals surface area contributed by atoms with Crippen molar-refractivity contribution in [3.63, 3.8) is 0 Å². The van der Waals surface area contributed by atoms with E-state index in [0.29, 0.717) is 17.8 Å². The van der Waals surface area contributed by atoms with Gasteiger partial charge in [0.2, 0.25) is 0 Å². The van der Waals surface area contributed by atoms with E-state index in [9.17, 15) is 22.8 Å². The molecule has 0 aliphatic heterocycles. The van der Waals surface area contributed by atoms with Gasteiger partial charge in [0.05, 0.1) is 0 Å². The first-order chi connectivity index (χ1) is 8.77. The molecule has 2 fully saturated rings. The predicted molar refractivity (Wildman–Crippen MR) is 61.1 cm³/mol. The van der Waals surface area contributed by atoms with Gasteiger partial charge in [0.1, 0.15) is 0 Å². The quantitative estimate of drug-likeness (QED) is 0.813. The van der Waals surface area contributed by atoms with Gasteiger partial charge in [-0.2, -0.15) is 13.2 Å². The molecule has 2 rings (SSSR count). The van der Waals surface area contributed by atoms with Gasteiger partial charge in [-0.25, -0.2) is 4.79 Å². The van der Waals surface area contributed by atoms with Crippen LogP contribution in [0.3, 0.4) is 0 Å². The lowest BCUT2D eigenvalue weighted by Crippen LogP contribution is -2.50. The Labute approximate surface area is 109 Å². The van der Waals surface area contributed by atoms with Gasteiger partial charge in [-0.1, -0.05) is 6.42 Å². The molecule has 0 heterocycles. The first-order valence-corrected chi connectivity index (χ1v) is 6.46. The summed E-state index contributed by atoms with van der Waals surface area (Å²) >= 11 is 0. The minimum Gasteiger partial charge on any atom is -0.335 e. The third-order valence-electron chi connectivity index (χ3n) is 4.28. The normalized spacial score (nSPS) is 31.1. The number of rotatable bonds is 2. The number of carbonyl (C=O) groups excluding carboxylic acids is 2. The van der Waals surface area contributed by atoms with E-state index in [1.54, 1.807) is 6.92 Å². The second-order valence-corrected chi connectivity index (χ2v) is 5.55. The number of hydrogen-bond acceptors (Lipinski definition) is 2. The summed E-state index contributed by atoms with van der Waals surface area (Å²) in [4.78, 5) is 21.9. The molecule has 2 aliphatic rings. The van der Waals surface area contributed by atoms with E-state index in [0.717, 1.165) is 19.3 Å². The Hall–Kier alpha value is -1.27. The first-order valence-electron chi connectivity index (χ1n) is 6.46. The van der Waals surface area contributed by atoms with Gasteiger partial charge in [-0.3, -0.25) is 10.1 Å². The molecular formula is C12H17F3N2O2. The Morgan fingerprint density at radius 1 is 1.21 bits per heavy atom. The van der Waals surface area contributed by atoms with E-state index in [-0.39, 0.29) is 6.04 Å². The highest BCUT2D eigenvalue weighted by molar-refractivity contribution is 5.97. The Balaban J connectivity index is 1.81. The number of nitrogens with one attached hydrogen (secondary N) is 2. The molecule has 3 amide bonds. The van der Waals surface area contributed by atoms with Crippen molar-refractivity contribution in [1.82, 2.24) is 10.6 Å². The van der Waals surface area contributed by atoms with Crippen LogP contribution in [0.15, 0.2) is 0 Å². The molecule has 108 valence electrons. The third kappa shape index (κ3) is 3.19. The molecule has 4 nitrogen and oxygen atoms in total. The molecule has 0 saturated heterocycles. The number of imide groups is 1. The number of alkyl halides is 3. The minimum atomic E-state index is -5.03. The van der Waals surface area contributed by atoms with E-state index in [1.807, 2.05) is 0 Å². The van der Waals surface area contributed by atoms with Crippen LogP contribution in [0, 0.1) is 17.8 Å². The second kappa shape index (κ2) is 5.02. The van der Waals surface area contributed by atoms with Crippen molar-refractivity contribution in [2.24, 2.45) is 17.8 Å². The van der Waals surface area contributed by atoms with Crippen molar-refractivity contribution < 1.29 is 22.8 Å². The zero-order valence-electron chi connectivity index (χ0n) is 10.6. The van der Waals surface area contributed by atoms with Crippen LogP contribution in [0.2, 0.25) is 0 Å². The first kappa shape index (κ1) is 14.1. The summed E-state index contributed by atoms with van der Waals surface area (Å²) in [6.45, 7) is 1.78. The third-order valence-corrected chi connectivity index (χ3v) is 4.28. The number of fused-ring (bicyclic) bond motifs is 2. The molecule has 4 unspecified atom stereocenters. The SMILES string of the molecule is CC(NC(=O)NC(=O)C(F)(F)F)C1CC2CCC1C2. The monoisotopic (exact) mass is 278 g/mol. The number of hydrogen-bond donors (Lipinski definition) is 2. The predicted octanol–water partition coefficient (Wildman–Crippen LogP) is 2.20. The topological polar surface area (TPSA) is 58.2 Å². The van der Waals surface area contributed by atoms with Gasteiger partial charge in [-0.15, -0.1) is 0 Å². The fraction of sp³-hybridized carbons (Fsp3) is 0.833. The average molecular weight is 278 g/mol. The summed E-state index contributed by atoms with van der Waals surface area (Å²) < 4.78 is 35.9. The van der Waals surface area contributed by atoms with Gasteiger partial charge >= 0.3 is 18.1 Å². The van der Waals surface area contributed by atoms with Crippen LogP contribution in [0.5, 0.6) is 0 Å². The van der Waals surface area contributed by atoms with Crippen molar-refractivity contribution in [3.8, 4) is 0 Å². The maximum absolute atomic E-state index is 12.0. The number of amides is 3. The highest BCUT2D eigenvalue weighted by Gasteiger charge is 2.43. The summed E-state index contributed by atoms with van der Waals surface area (Å²) in [7, 11) is 0. The lowest BCUT2D eigenvalue weighted by atomic mass is 9.84. The van der Waals surface area contributed by atoms with E-state index < -0.39 is 18.1 Å². The highest BCUT2D eigenvalue weighted by atomic mass is 19.4. The van der Waals surface area contributed by atoms with Gasteiger partial charge in [0.15, 0.2) is 0 Å². The zero-order valence-corrected chi connectivity index (χ0v) is 10.6. The van der Waals surface area contributed by atoms with Crippen LogP contribution in [-0.4, -0.2) is 24.2 Å². The molecule has 19 heavy (non-hydrogen) atoms. The molecule has 0 aromatic rings. The highest BCUT2D eigenvalue weighted by Crippen LogP contribution is 2.49. The van der Waals surface area contributed by atoms with Gasteiger partial charge in [0, 0.05) is 6.04 Å². The largest absolute Gasteiger partial charge is 0.471 e. The molecule has 0 radical (unpaired) electrons. The maximum Gasteiger partial charge on any atom is 0.471 e. The molecule has 0 aromatic heterocycles. The van der Waals surface area contributed by atoms with Crippen LogP contribution in [0.1, 0.15) is 32.6 Å². The van der Waals surface area contributed by atoms with E-state index in [1.165, 1.54) is 11.7 Å². The summed E-state index contributed by atoms with van der Waals surface area (Å²) in [5.41, 5.74) is 0. The summed E-state index contributed by atoms with van der Waals surface area (Å²) in [5, 5.41) is 3.74. The Morgan fingerprint density at radius 2 is 1.89 bits per heavy atom. The van der Waals surface area contributed by atoms with E-state index >= 15 is 0 Å². The van der Waals surface area contributed by atoms with Crippen LogP contribution < -0.4 is 10.6 Å². The summed E-state index contributed by atoms with van der Waals surface area (Å²) in [5.74, 6) is -0.673. The van der Waals surface area contributed by atoms with Gasteiger partial charge in [-0.05, 0) is 43.9 Å². The smallest absolute Gasteiger partial charge is 0.335 e. The summed E-state index contributed by atoms with van der Waals surface area (Å²) in [6, 6.07) is -1.28. The van der Waals surface area contributed by atoms with Gasteiger partial charge < -0.3 is 5.32 Å². The molecule has 0 aromatic carbocycles. The van der Waals surface area contributed by atoms with Crippen molar-refractivity contribution in [2.45, 2.75) is 44.8 Å². The molecular weight excluding hydrogens is 261 g/mol. The zero-order chi connectivity index (χ0) is 14.2. The average Bonchev–Trinajstić information content (AvgIpc) is 2.88. The van der Waals surface area contributed by atoms with Crippen LogP contribution in [0.4, 0.5) is 18.0 Å². The van der Waals surface area contributed by atoms with Crippen LogP contribution in [-0.2, 0) is 4.79 Å².